The van der Waals surface area contributed by atoms with Gasteiger partial charge in [-0.3, -0.25) is 4.98 Å². The van der Waals surface area contributed by atoms with Crippen LogP contribution < -0.4 is 0 Å². The number of pyridine rings is 1. The van der Waals surface area contributed by atoms with Crippen molar-refractivity contribution in [2.45, 2.75) is 0 Å². The van der Waals surface area contributed by atoms with Crippen LogP contribution in [0.4, 0.5) is 0 Å². The molecule has 0 amide bonds. The van der Waals surface area contributed by atoms with E-state index < -0.39 is 10.0 Å². The third-order valence-corrected chi connectivity index (χ3v) is 2.22. The van der Waals surface area contributed by atoms with Crippen LogP contribution in [0, 0.1) is 0 Å². The number of hydrogen-bond donors (Lipinski definition) is 0. The first-order chi connectivity index (χ1) is 7.38. The molecule has 0 bridgehead atoms. The predicted octanol–water partition coefficient (Wildman–Crippen LogP) is 1.51. The molecule has 0 saturated heterocycles. The van der Waals surface area contributed by atoms with Crippen molar-refractivity contribution in [1.82, 2.24) is 4.98 Å². The van der Waals surface area contributed by atoms with Crippen molar-refractivity contribution in [2.75, 3.05) is 14.2 Å². The molecule has 4 heteroatoms. The van der Waals surface area contributed by atoms with Crippen LogP contribution in [0.2, 0.25) is 0 Å². The highest BCUT2D eigenvalue weighted by Crippen LogP contribution is 2.07. The Morgan fingerprint density at radius 1 is 1.00 bits per heavy atom. The van der Waals surface area contributed by atoms with Gasteiger partial charge in [0.1, 0.15) is 0 Å². The zero-order valence-corrected chi connectivity index (χ0v) is 10.4. The average Bonchev–Trinajstić information content (AvgIpc) is 2.31. The monoisotopic (exact) mass is 221 g/mol. The van der Waals surface area contributed by atoms with E-state index in [-0.39, 0.29) is 0 Å². The number of benzene rings is 1. The molecule has 0 saturated carbocycles. The summed E-state index contributed by atoms with van der Waals surface area (Å²) in [7, 11) is 2.73. The van der Waals surface area contributed by atoms with Crippen molar-refractivity contribution in [1.29, 1.82) is 0 Å². The predicted molar refractivity (Wildman–Crippen MR) is 64.3 cm³/mol. The normalized spacial score (nSPS) is 9.47. The number of para-hydroxylation sites is 1. The second-order valence-electron chi connectivity index (χ2n) is 2.89. The molecule has 0 aliphatic heterocycles. The lowest BCUT2D eigenvalue weighted by molar-refractivity contribution is 0.309. The van der Waals surface area contributed by atoms with Gasteiger partial charge in [0.2, 0.25) is 0 Å². The maximum atomic E-state index is 4.61. The van der Waals surface area contributed by atoms with Gasteiger partial charge in [-0.2, -0.15) is 0 Å². The maximum Gasteiger partial charge on any atom is 0.303 e. The van der Waals surface area contributed by atoms with Crippen LogP contribution in [0.5, 0.6) is 0 Å². The van der Waals surface area contributed by atoms with E-state index in [0.29, 0.717) is 0 Å². The molecule has 0 radical (unpaired) electrons. The van der Waals surface area contributed by atoms with Gasteiger partial charge in [-0.05, 0) is 12.1 Å². The molecule has 15 heavy (non-hydrogen) atoms. The fraction of sp³-hybridized carbons (Fsp3) is 0.182. The van der Waals surface area contributed by atoms with Crippen molar-refractivity contribution in [3.05, 3.63) is 42.6 Å². The minimum Gasteiger partial charge on any atom is -0.402 e. The first-order valence-electron chi connectivity index (χ1n) is 4.66. The molecule has 0 spiro atoms. The van der Waals surface area contributed by atoms with Gasteiger partial charge in [0.25, 0.3) is 0 Å². The summed E-state index contributed by atoms with van der Waals surface area (Å²) in [6.45, 7) is 0. The van der Waals surface area contributed by atoms with E-state index in [1.54, 1.807) is 14.2 Å². The van der Waals surface area contributed by atoms with E-state index in [9.17, 15) is 0 Å². The van der Waals surface area contributed by atoms with E-state index >= 15 is 0 Å². The Morgan fingerprint density at radius 2 is 1.67 bits per heavy atom. The Labute approximate surface area is 92.1 Å². The maximum absolute atomic E-state index is 4.61. The topological polar surface area (TPSA) is 31.4 Å². The number of aromatic nitrogens is 1. The van der Waals surface area contributed by atoms with Crippen molar-refractivity contribution in [2.24, 2.45) is 0 Å². The average molecular weight is 221 g/mol. The number of fused-ring (bicyclic) bond motifs is 1. The Bertz CT molecular complexity index is 328. The fourth-order valence-corrected chi connectivity index (χ4v) is 1.37. The van der Waals surface area contributed by atoms with E-state index in [4.69, 9.17) is 0 Å². The molecular weight excluding hydrogens is 206 g/mol. The summed E-state index contributed by atoms with van der Waals surface area (Å²) >= 11 is 0. The lowest BCUT2D eigenvalue weighted by Crippen LogP contribution is -1.93. The van der Waals surface area contributed by atoms with E-state index in [2.05, 4.69) is 26.0 Å². The van der Waals surface area contributed by atoms with Crippen LogP contribution in [0.1, 0.15) is 0 Å². The first kappa shape index (κ1) is 11.8. The largest absolute Gasteiger partial charge is 0.402 e. The number of nitrogens with zero attached hydrogens (tertiary/aromatic N) is 1. The third kappa shape index (κ3) is 4.20. The van der Waals surface area contributed by atoms with Crippen LogP contribution in [0.3, 0.4) is 0 Å². The summed E-state index contributed by atoms with van der Waals surface area (Å²) in [5.74, 6) is 0. The van der Waals surface area contributed by atoms with Gasteiger partial charge in [0.15, 0.2) is 0 Å². The summed E-state index contributed by atoms with van der Waals surface area (Å²) in [6, 6.07) is 12.1. The van der Waals surface area contributed by atoms with Gasteiger partial charge in [-0.25, -0.2) is 0 Å². The molecule has 2 rings (SSSR count). The van der Waals surface area contributed by atoms with Gasteiger partial charge in [0, 0.05) is 25.8 Å². The fourth-order valence-electron chi connectivity index (χ4n) is 1.13. The number of hydrogen-bond acceptors (Lipinski definition) is 3. The van der Waals surface area contributed by atoms with Crippen molar-refractivity contribution < 1.29 is 8.85 Å². The molecule has 3 nitrogen and oxygen atoms in total. The Balaban J connectivity index is 0.000000195. The second kappa shape index (κ2) is 7.11. The van der Waals surface area contributed by atoms with Gasteiger partial charge in [-0.15, -0.1) is 0 Å². The highest BCUT2D eigenvalue weighted by atomic mass is 28.3. The minimum atomic E-state index is -0.568. The Morgan fingerprint density at radius 3 is 2.27 bits per heavy atom. The second-order valence-corrected chi connectivity index (χ2v) is 4.28. The van der Waals surface area contributed by atoms with Crippen LogP contribution in [-0.4, -0.2) is 29.2 Å². The van der Waals surface area contributed by atoms with Gasteiger partial charge >= 0.3 is 10.0 Å². The van der Waals surface area contributed by atoms with Crippen molar-refractivity contribution >= 4 is 20.9 Å². The van der Waals surface area contributed by atoms with Crippen LogP contribution in [0.25, 0.3) is 10.9 Å². The van der Waals surface area contributed by atoms with Gasteiger partial charge < -0.3 is 8.85 Å². The molecule has 0 atom stereocenters. The lowest BCUT2D eigenvalue weighted by Gasteiger charge is -1.91. The smallest absolute Gasteiger partial charge is 0.303 e. The summed E-state index contributed by atoms with van der Waals surface area (Å²) < 4.78 is 9.22. The Hall–Kier alpha value is -1.23. The molecule has 1 aromatic carbocycles. The highest BCUT2D eigenvalue weighted by Gasteiger charge is 1.86. The zero-order valence-electron chi connectivity index (χ0n) is 9.01. The molecule has 0 unspecified atom stereocenters. The van der Waals surface area contributed by atoms with Crippen LogP contribution >= 0.6 is 0 Å². The quantitative estimate of drug-likeness (QED) is 0.720. The van der Waals surface area contributed by atoms with E-state index in [1.807, 2.05) is 30.5 Å². The van der Waals surface area contributed by atoms with Gasteiger partial charge in [0.05, 0.1) is 5.52 Å². The molecule has 80 valence electrons. The molecule has 2 aromatic rings. The van der Waals surface area contributed by atoms with Crippen LogP contribution in [0.15, 0.2) is 42.6 Å². The standard InChI is InChI=1S/C9H7N.C2H8O2Si/c1-2-6-9-8(4-1)5-3-7-10-9;1-3-5-4-2/h1-7H;5H2,1-2H3. The van der Waals surface area contributed by atoms with E-state index in [1.165, 1.54) is 5.39 Å². The molecule has 0 aliphatic rings. The van der Waals surface area contributed by atoms with E-state index in [0.717, 1.165) is 5.52 Å². The first-order valence-corrected chi connectivity index (χ1v) is 5.81. The van der Waals surface area contributed by atoms with Gasteiger partial charge in [-0.1, -0.05) is 24.3 Å². The Kier molecular flexibility index (Phi) is 5.61. The molecule has 1 aromatic heterocycles. The van der Waals surface area contributed by atoms with Crippen LogP contribution in [-0.2, 0) is 8.85 Å². The van der Waals surface area contributed by atoms with Crippen molar-refractivity contribution in [3.8, 4) is 0 Å². The molecular formula is C11H15NO2Si. The summed E-state index contributed by atoms with van der Waals surface area (Å²) in [4.78, 5) is 4.18. The SMILES string of the molecule is CO[SiH2]OC.c1ccc2ncccc2c1. The van der Waals surface area contributed by atoms with Crippen molar-refractivity contribution in [3.63, 3.8) is 0 Å². The lowest BCUT2D eigenvalue weighted by atomic mass is 10.2. The number of rotatable bonds is 2. The minimum absolute atomic E-state index is 0.568. The zero-order chi connectivity index (χ0) is 10.9. The molecule has 0 fully saturated rings. The molecule has 0 aliphatic carbocycles. The molecule has 0 N–H and O–H groups in total. The third-order valence-electron chi connectivity index (χ3n) is 1.75. The summed E-state index contributed by atoms with van der Waals surface area (Å²) in [6.07, 6.45) is 1.81. The summed E-state index contributed by atoms with van der Waals surface area (Å²) in [5, 5.41) is 1.20. The molecule has 1 heterocycles. The summed E-state index contributed by atoms with van der Waals surface area (Å²) in [5.41, 5.74) is 1.06. The highest BCUT2D eigenvalue weighted by molar-refractivity contribution is 6.17.